The van der Waals surface area contributed by atoms with Crippen LogP contribution in [0.3, 0.4) is 0 Å². The number of benzene rings is 1. The lowest BCUT2D eigenvalue weighted by Gasteiger charge is -2.15. The molecule has 1 aromatic heterocycles. The fraction of sp³-hybridized carbons (Fsp3) is 0.353. The lowest BCUT2D eigenvalue weighted by atomic mass is 10.2. The number of amides is 1. The maximum atomic E-state index is 12.3. The molecular weight excluding hydrogens is 292 g/mol. The number of rotatable bonds is 4. The molecule has 1 saturated heterocycles. The van der Waals surface area contributed by atoms with Crippen LogP contribution in [-0.4, -0.2) is 41.0 Å². The second-order valence-electron chi connectivity index (χ2n) is 5.62. The topological polar surface area (TPSA) is 67.3 Å². The van der Waals surface area contributed by atoms with Crippen LogP contribution in [0.2, 0.25) is 0 Å². The Kier molecular flexibility index (Phi) is 4.41. The first-order valence-corrected chi connectivity index (χ1v) is 7.70. The fourth-order valence-corrected chi connectivity index (χ4v) is 2.65. The first-order valence-electron chi connectivity index (χ1n) is 7.70. The first-order chi connectivity index (χ1) is 11.2. The molecule has 1 aliphatic rings. The number of hydrogen-bond donors (Lipinski definition) is 1. The summed E-state index contributed by atoms with van der Waals surface area (Å²) in [5, 5.41) is 3.13. The van der Waals surface area contributed by atoms with E-state index < -0.39 is 0 Å². The van der Waals surface area contributed by atoms with Gasteiger partial charge in [0.25, 0.3) is 5.91 Å². The Hall–Kier alpha value is -2.63. The van der Waals surface area contributed by atoms with Gasteiger partial charge >= 0.3 is 0 Å². The van der Waals surface area contributed by atoms with Gasteiger partial charge in [-0.15, -0.1) is 0 Å². The van der Waals surface area contributed by atoms with E-state index in [1.165, 1.54) is 0 Å². The average molecular weight is 312 g/mol. The van der Waals surface area contributed by atoms with Crippen LogP contribution in [0, 0.1) is 6.92 Å². The number of nitrogens with zero attached hydrogens (tertiary/aromatic N) is 3. The summed E-state index contributed by atoms with van der Waals surface area (Å²) >= 11 is 0. The standard InChI is InChI=1S/C17H20N4O2/c1-12-5-6-15(23-2)14(9-12)20-17-18-10-13(11-19-17)16(22)21-7-3-4-8-21/h5-6,9-11H,3-4,7-8H2,1-2H3,(H,18,19,20). The van der Waals surface area contributed by atoms with Crippen LogP contribution >= 0.6 is 0 Å². The third-order valence-electron chi connectivity index (χ3n) is 3.89. The Balaban J connectivity index is 1.75. The monoisotopic (exact) mass is 312 g/mol. The van der Waals surface area contributed by atoms with E-state index in [2.05, 4.69) is 15.3 Å². The molecule has 6 nitrogen and oxygen atoms in total. The molecule has 0 bridgehead atoms. The Bertz CT molecular complexity index is 694. The summed E-state index contributed by atoms with van der Waals surface area (Å²) in [5.74, 6) is 1.16. The fourth-order valence-electron chi connectivity index (χ4n) is 2.65. The van der Waals surface area contributed by atoms with Gasteiger partial charge in [0.1, 0.15) is 5.75 Å². The Morgan fingerprint density at radius 2 is 1.91 bits per heavy atom. The molecule has 1 N–H and O–H groups in total. The number of aromatic nitrogens is 2. The summed E-state index contributed by atoms with van der Waals surface area (Å²) in [7, 11) is 1.62. The van der Waals surface area contributed by atoms with Gasteiger partial charge in [0.15, 0.2) is 0 Å². The molecule has 1 fully saturated rings. The Labute approximate surface area is 135 Å². The molecule has 1 aliphatic heterocycles. The second kappa shape index (κ2) is 6.64. The van der Waals surface area contributed by atoms with Gasteiger partial charge in [-0.05, 0) is 37.5 Å². The van der Waals surface area contributed by atoms with E-state index in [4.69, 9.17) is 4.74 Å². The molecule has 0 aliphatic carbocycles. The summed E-state index contributed by atoms with van der Waals surface area (Å²) in [6, 6.07) is 5.83. The van der Waals surface area contributed by atoms with Crippen LogP contribution in [0.25, 0.3) is 0 Å². The minimum Gasteiger partial charge on any atom is -0.495 e. The zero-order valence-corrected chi connectivity index (χ0v) is 13.4. The lowest BCUT2D eigenvalue weighted by Crippen LogP contribution is -2.27. The van der Waals surface area contributed by atoms with Crippen LogP contribution in [0.1, 0.15) is 28.8 Å². The summed E-state index contributed by atoms with van der Waals surface area (Å²) in [4.78, 5) is 22.6. The molecule has 1 aromatic carbocycles. The summed E-state index contributed by atoms with van der Waals surface area (Å²) in [6.07, 6.45) is 5.27. The number of methoxy groups -OCH3 is 1. The minimum absolute atomic E-state index is 0.00202. The van der Waals surface area contributed by atoms with Crippen molar-refractivity contribution in [2.75, 3.05) is 25.5 Å². The largest absolute Gasteiger partial charge is 0.495 e. The molecule has 0 unspecified atom stereocenters. The average Bonchev–Trinajstić information content (AvgIpc) is 3.10. The van der Waals surface area contributed by atoms with Gasteiger partial charge in [0.2, 0.25) is 5.95 Å². The number of nitrogens with one attached hydrogen (secondary N) is 1. The number of anilines is 2. The maximum absolute atomic E-state index is 12.3. The van der Waals surface area contributed by atoms with Crippen LogP contribution in [0.15, 0.2) is 30.6 Å². The van der Waals surface area contributed by atoms with Crippen molar-refractivity contribution >= 4 is 17.5 Å². The number of carbonyl (C=O) groups excluding carboxylic acids is 1. The highest BCUT2D eigenvalue weighted by Crippen LogP contribution is 2.27. The van der Waals surface area contributed by atoms with Crippen molar-refractivity contribution < 1.29 is 9.53 Å². The SMILES string of the molecule is COc1ccc(C)cc1Nc1ncc(C(=O)N2CCCC2)cn1. The van der Waals surface area contributed by atoms with Crippen LogP contribution in [-0.2, 0) is 0 Å². The molecule has 3 rings (SSSR count). The number of aryl methyl sites for hydroxylation is 1. The van der Waals surface area contributed by atoms with E-state index >= 15 is 0 Å². The van der Waals surface area contributed by atoms with Crippen LogP contribution in [0.4, 0.5) is 11.6 Å². The van der Waals surface area contributed by atoms with E-state index in [0.29, 0.717) is 11.5 Å². The quantitative estimate of drug-likeness (QED) is 0.940. The highest BCUT2D eigenvalue weighted by atomic mass is 16.5. The van der Waals surface area contributed by atoms with Gasteiger partial charge in [-0.3, -0.25) is 4.79 Å². The van der Waals surface area contributed by atoms with Gasteiger partial charge in [-0.2, -0.15) is 0 Å². The van der Waals surface area contributed by atoms with Crippen molar-refractivity contribution in [1.82, 2.24) is 14.9 Å². The second-order valence-corrected chi connectivity index (χ2v) is 5.62. The number of ether oxygens (including phenoxy) is 1. The van der Waals surface area contributed by atoms with Crippen LogP contribution < -0.4 is 10.1 Å². The number of carbonyl (C=O) groups is 1. The third-order valence-corrected chi connectivity index (χ3v) is 3.89. The molecule has 0 atom stereocenters. The maximum Gasteiger partial charge on any atom is 0.256 e. The highest BCUT2D eigenvalue weighted by Gasteiger charge is 2.20. The summed E-state index contributed by atoms with van der Waals surface area (Å²) in [6.45, 7) is 3.64. The Morgan fingerprint density at radius 1 is 1.22 bits per heavy atom. The van der Waals surface area contributed by atoms with Crippen molar-refractivity contribution in [2.24, 2.45) is 0 Å². The van der Waals surface area contributed by atoms with Gasteiger partial charge in [-0.1, -0.05) is 6.07 Å². The molecule has 2 heterocycles. The van der Waals surface area contributed by atoms with Gasteiger partial charge in [0.05, 0.1) is 18.4 Å². The van der Waals surface area contributed by atoms with Crippen molar-refractivity contribution in [3.63, 3.8) is 0 Å². The van der Waals surface area contributed by atoms with E-state index in [-0.39, 0.29) is 5.91 Å². The van der Waals surface area contributed by atoms with Crippen LogP contribution in [0.5, 0.6) is 5.75 Å². The van der Waals surface area contributed by atoms with Crippen molar-refractivity contribution in [3.05, 3.63) is 41.7 Å². The first kappa shape index (κ1) is 15.3. The minimum atomic E-state index is 0.00202. The van der Waals surface area contributed by atoms with Crippen molar-refractivity contribution in [1.29, 1.82) is 0 Å². The highest BCUT2D eigenvalue weighted by molar-refractivity contribution is 5.93. The molecule has 2 aromatic rings. The molecule has 120 valence electrons. The van der Waals surface area contributed by atoms with E-state index in [9.17, 15) is 4.79 Å². The van der Waals surface area contributed by atoms with Gasteiger partial charge in [0, 0.05) is 25.5 Å². The summed E-state index contributed by atoms with van der Waals surface area (Å²) in [5.41, 5.74) is 2.42. The van der Waals surface area contributed by atoms with Crippen molar-refractivity contribution in [3.8, 4) is 5.75 Å². The third kappa shape index (κ3) is 3.41. The molecular formula is C17H20N4O2. The molecule has 0 radical (unpaired) electrons. The molecule has 6 heteroatoms. The number of hydrogen-bond acceptors (Lipinski definition) is 5. The van der Waals surface area contributed by atoms with E-state index in [0.717, 1.165) is 42.9 Å². The van der Waals surface area contributed by atoms with E-state index in [1.807, 2.05) is 30.0 Å². The molecule has 1 amide bonds. The molecule has 0 spiro atoms. The molecule has 0 saturated carbocycles. The summed E-state index contributed by atoms with van der Waals surface area (Å²) < 4.78 is 5.32. The normalized spacial score (nSPS) is 13.9. The van der Waals surface area contributed by atoms with Gasteiger partial charge in [-0.25, -0.2) is 9.97 Å². The predicted molar refractivity (Wildman–Crippen MR) is 88.2 cm³/mol. The number of likely N-dealkylation sites (tertiary alicyclic amines) is 1. The lowest BCUT2D eigenvalue weighted by molar-refractivity contribution is 0.0792. The Morgan fingerprint density at radius 3 is 2.57 bits per heavy atom. The predicted octanol–water partition coefficient (Wildman–Crippen LogP) is 2.77. The zero-order valence-electron chi connectivity index (χ0n) is 13.4. The zero-order chi connectivity index (χ0) is 16.2. The molecule has 23 heavy (non-hydrogen) atoms. The van der Waals surface area contributed by atoms with Gasteiger partial charge < -0.3 is 15.0 Å². The smallest absolute Gasteiger partial charge is 0.256 e. The van der Waals surface area contributed by atoms with E-state index in [1.54, 1.807) is 19.5 Å². The van der Waals surface area contributed by atoms with Crippen molar-refractivity contribution in [2.45, 2.75) is 19.8 Å².